The molecule has 4 amide bonds. The zero-order valence-electron chi connectivity index (χ0n) is 13.8. The number of hydrogen-bond donors (Lipinski definition) is 1. The number of urea groups is 1. The summed E-state index contributed by atoms with van der Waals surface area (Å²) in [6.07, 6.45) is 1.63. The van der Waals surface area contributed by atoms with Gasteiger partial charge in [0.25, 0.3) is 5.91 Å². The van der Waals surface area contributed by atoms with Crippen molar-refractivity contribution in [3.05, 3.63) is 30.3 Å². The molecule has 1 aliphatic rings. The highest BCUT2D eigenvalue weighted by atomic mass is 16.2. The van der Waals surface area contributed by atoms with Gasteiger partial charge in [-0.15, -0.1) is 0 Å². The van der Waals surface area contributed by atoms with Crippen LogP contribution >= 0.6 is 0 Å². The summed E-state index contributed by atoms with van der Waals surface area (Å²) < 4.78 is 0. The number of carbonyl (C=O) groups is 3. The van der Waals surface area contributed by atoms with Gasteiger partial charge in [-0.2, -0.15) is 0 Å². The molecular formula is C17H23N3O3. The molecule has 1 aromatic rings. The molecule has 6 nitrogen and oxygen atoms in total. The molecule has 0 radical (unpaired) electrons. The van der Waals surface area contributed by atoms with Crippen LogP contribution < -0.4 is 10.2 Å². The average Bonchev–Trinajstić information content (AvgIpc) is 2.77. The highest BCUT2D eigenvalue weighted by molar-refractivity contribution is 6.15. The van der Waals surface area contributed by atoms with Gasteiger partial charge in [-0.1, -0.05) is 32.0 Å². The molecule has 1 saturated heterocycles. The summed E-state index contributed by atoms with van der Waals surface area (Å²) in [6.45, 7) is 5.41. The Balaban J connectivity index is 2.10. The van der Waals surface area contributed by atoms with Gasteiger partial charge in [0.2, 0.25) is 5.91 Å². The summed E-state index contributed by atoms with van der Waals surface area (Å²) >= 11 is 0. The Kier molecular flexibility index (Phi) is 5.36. The first kappa shape index (κ1) is 17.0. The van der Waals surface area contributed by atoms with E-state index in [4.69, 9.17) is 0 Å². The number of imide groups is 1. The lowest BCUT2D eigenvalue weighted by Crippen LogP contribution is -2.44. The molecule has 1 atom stereocenters. The van der Waals surface area contributed by atoms with Gasteiger partial charge in [0.15, 0.2) is 0 Å². The second-order valence-corrected chi connectivity index (χ2v) is 5.67. The maximum absolute atomic E-state index is 12.5. The molecule has 0 aliphatic carbocycles. The van der Waals surface area contributed by atoms with E-state index >= 15 is 0 Å². The molecule has 6 heteroatoms. The monoisotopic (exact) mass is 317 g/mol. The minimum atomic E-state index is -0.606. The van der Waals surface area contributed by atoms with Crippen molar-refractivity contribution >= 4 is 23.5 Å². The fourth-order valence-corrected chi connectivity index (χ4v) is 2.70. The van der Waals surface area contributed by atoms with Gasteiger partial charge in [-0.3, -0.25) is 19.4 Å². The minimum absolute atomic E-state index is 0.0676. The first-order chi connectivity index (χ1) is 11.0. The lowest BCUT2D eigenvalue weighted by molar-refractivity contribution is -0.132. The van der Waals surface area contributed by atoms with Crippen LogP contribution in [0, 0.1) is 0 Å². The summed E-state index contributed by atoms with van der Waals surface area (Å²) in [4.78, 5) is 39.4. The molecule has 0 spiro atoms. The number of amides is 4. The number of anilines is 1. The molecule has 0 bridgehead atoms. The predicted molar refractivity (Wildman–Crippen MR) is 88.0 cm³/mol. The summed E-state index contributed by atoms with van der Waals surface area (Å²) in [5.41, 5.74) is 0.654. The van der Waals surface area contributed by atoms with Crippen LogP contribution in [0.5, 0.6) is 0 Å². The van der Waals surface area contributed by atoms with Crippen molar-refractivity contribution in [3.8, 4) is 0 Å². The van der Waals surface area contributed by atoms with Crippen molar-refractivity contribution in [2.24, 2.45) is 0 Å². The van der Waals surface area contributed by atoms with Gasteiger partial charge in [0, 0.05) is 11.7 Å². The molecule has 0 saturated carbocycles. The van der Waals surface area contributed by atoms with Crippen molar-refractivity contribution in [2.45, 2.75) is 45.7 Å². The van der Waals surface area contributed by atoms with Crippen LogP contribution in [0.4, 0.5) is 10.5 Å². The Morgan fingerprint density at radius 2 is 1.78 bits per heavy atom. The maximum atomic E-state index is 12.5. The van der Waals surface area contributed by atoms with E-state index < -0.39 is 12.1 Å². The van der Waals surface area contributed by atoms with E-state index in [1.165, 1.54) is 4.90 Å². The maximum Gasteiger partial charge on any atom is 0.332 e. The van der Waals surface area contributed by atoms with Crippen LogP contribution in [0.25, 0.3) is 0 Å². The zero-order valence-corrected chi connectivity index (χ0v) is 13.8. The smallest absolute Gasteiger partial charge is 0.332 e. The molecule has 1 aliphatic heterocycles. The summed E-state index contributed by atoms with van der Waals surface area (Å²) in [5.74, 6) is -0.652. The number of carbonyl (C=O) groups excluding carboxylic acids is 3. The summed E-state index contributed by atoms with van der Waals surface area (Å²) in [6, 6.07) is 8.02. The first-order valence-electron chi connectivity index (χ1n) is 7.98. The highest BCUT2D eigenvalue weighted by Crippen LogP contribution is 2.25. The van der Waals surface area contributed by atoms with Gasteiger partial charge in [0.05, 0.1) is 0 Å². The molecule has 124 valence electrons. The Morgan fingerprint density at radius 3 is 2.35 bits per heavy atom. The molecule has 1 aromatic carbocycles. The Hall–Kier alpha value is -2.37. The lowest BCUT2D eigenvalue weighted by atomic mass is 10.2. The number of nitrogens with zero attached hydrogens (tertiary/aromatic N) is 2. The van der Waals surface area contributed by atoms with E-state index in [1.54, 1.807) is 19.1 Å². The average molecular weight is 317 g/mol. The summed E-state index contributed by atoms with van der Waals surface area (Å²) in [5, 5.41) is 2.85. The Morgan fingerprint density at radius 1 is 1.17 bits per heavy atom. The zero-order chi connectivity index (χ0) is 17.0. The van der Waals surface area contributed by atoms with E-state index in [9.17, 15) is 14.4 Å². The molecule has 0 unspecified atom stereocenters. The van der Waals surface area contributed by atoms with Gasteiger partial charge in [0.1, 0.15) is 12.6 Å². The van der Waals surface area contributed by atoms with Crippen LogP contribution in [0.2, 0.25) is 0 Å². The second kappa shape index (κ2) is 7.26. The van der Waals surface area contributed by atoms with E-state index in [2.05, 4.69) is 5.32 Å². The molecule has 1 heterocycles. The fourth-order valence-electron chi connectivity index (χ4n) is 2.70. The number of benzene rings is 1. The van der Waals surface area contributed by atoms with Gasteiger partial charge < -0.3 is 5.32 Å². The standard InChI is InChI=1S/C17H23N3O3/c1-4-13(5-2)18-15(21)11-19-16(22)12(3)20(17(19)23)14-9-7-6-8-10-14/h6-10,12-13H,4-5,11H2,1-3H3,(H,18,21)/t12-/m1/s1. The third kappa shape index (κ3) is 3.52. The molecule has 1 N–H and O–H groups in total. The molecular weight excluding hydrogens is 294 g/mol. The normalized spacial score (nSPS) is 18.0. The van der Waals surface area contributed by atoms with Gasteiger partial charge in [-0.25, -0.2) is 4.79 Å². The Bertz CT molecular complexity index is 584. The van der Waals surface area contributed by atoms with Crippen molar-refractivity contribution in [1.82, 2.24) is 10.2 Å². The number of para-hydroxylation sites is 1. The minimum Gasteiger partial charge on any atom is -0.352 e. The fraction of sp³-hybridized carbons (Fsp3) is 0.471. The van der Waals surface area contributed by atoms with E-state index in [0.29, 0.717) is 5.69 Å². The van der Waals surface area contributed by atoms with Gasteiger partial charge in [-0.05, 0) is 31.9 Å². The molecule has 0 aromatic heterocycles. The SMILES string of the molecule is CCC(CC)NC(=O)CN1C(=O)[C@@H](C)N(c2ccccc2)C1=O. The topological polar surface area (TPSA) is 69.7 Å². The molecule has 2 rings (SSSR count). The van der Waals surface area contributed by atoms with Crippen molar-refractivity contribution in [2.75, 3.05) is 11.4 Å². The largest absolute Gasteiger partial charge is 0.352 e. The van der Waals surface area contributed by atoms with Crippen LogP contribution in [0.15, 0.2) is 30.3 Å². The Labute approximate surface area is 136 Å². The third-order valence-electron chi connectivity index (χ3n) is 4.13. The number of rotatable bonds is 6. The highest BCUT2D eigenvalue weighted by Gasteiger charge is 2.44. The van der Waals surface area contributed by atoms with E-state index in [-0.39, 0.29) is 24.4 Å². The van der Waals surface area contributed by atoms with Crippen LogP contribution in [-0.2, 0) is 9.59 Å². The summed E-state index contributed by atoms with van der Waals surface area (Å²) in [7, 11) is 0. The number of hydrogen-bond acceptors (Lipinski definition) is 3. The predicted octanol–water partition coefficient (Wildman–Crippen LogP) is 2.15. The van der Waals surface area contributed by atoms with Crippen LogP contribution in [0.1, 0.15) is 33.6 Å². The van der Waals surface area contributed by atoms with Crippen LogP contribution in [0.3, 0.4) is 0 Å². The van der Waals surface area contributed by atoms with Gasteiger partial charge >= 0.3 is 6.03 Å². The quantitative estimate of drug-likeness (QED) is 0.817. The molecule has 23 heavy (non-hydrogen) atoms. The third-order valence-corrected chi connectivity index (χ3v) is 4.13. The second-order valence-electron chi connectivity index (χ2n) is 5.67. The first-order valence-corrected chi connectivity index (χ1v) is 7.98. The lowest BCUT2D eigenvalue weighted by Gasteiger charge is -2.20. The van der Waals surface area contributed by atoms with E-state index in [1.807, 2.05) is 32.0 Å². The molecule has 1 fully saturated rings. The van der Waals surface area contributed by atoms with Crippen molar-refractivity contribution in [1.29, 1.82) is 0 Å². The van der Waals surface area contributed by atoms with Crippen molar-refractivity contribution < 1.29 is 14.4 Å². The number of nitrogens with one attached hydrogen (secondary N) is 1. The van der Waals surface area contributed by atoms with Crippen molar-refractivity contribution in [3.63, 3.8) is 0 Å². The van der Waals surface area contributed by atoms with Crippen LogP contribution in [-0.4, -0.2) is 41.4 Å². The van der Waals surface area contributed by atoms with E-state index in [0.717, 1.165) is 17.7 Å².